The number of aryl methyl sites for hydroxylation is 3. The van der Waals surface area contributed by atoms with Gasteiger partial charge in [-0.2, -0.15) is 0 Å². The molecule has 9 aromatic carbocycles. The normalized spacial score (nSPS) is 12.8. The molecule has 0 aliphatic rings. The Morgan fingerprint density at radius 1 is 0.523 bits per heavy atom. The molecule has 0 N–H and O–H groups in total. The first kappa shape index (κ1) is 25.3. The number of benzene rings is 7. The third-order valence-electron chi connectivity index (χ3n) is 10.1. The number of fused-ring (bicyclic) bond motifs is 8. The van der Waals surface area contributed by atoms with Crippen LogP contribution in [-0.2, 0) is 6.42 Å². The predicted molar refractivity (Wildman–Crippen MR) is 194 cm³/mol. The summed E-state index contributed by atoms with van der Waals surface area (Å²) < 4.78 is 0. The van der Waals surface area contributed by atoms with Crippen molar-refractivity contribution in [2.75, 3.05) is 0 Å². The van der Waals surface area contributed by atoms with E-state index in [9.17, 15) is 0 Å². The zero-order valence-electron chi connectivity index (χ0n) is 25.4. The van der Waals surface area contributed by atoms with Crippen molar-refractivity contribution in [2.24, 2.45) is 0 Å². The Bertz CT molecular complexity index is 2700. The molecule has 0 bridgehead atoms. The fourth-order valence-corrected chi connectivity index (χ4v) is 8.29. The van der Waals surface area contributed by atoms with Gasteiger partial charge in [0.15, 0.2) is 0 Å². The Hall–Kier alpha value is -5.20. The van der Waals surface area contributed by atoms with Gasteiger partial charge in [0.05, 0.1) is 0 Å². The van der Waals surface area contributed by atoms with E-state index in [2.05, 4.69) is 137 Å². The predicted octanol–water partition coefficient (Wildman–Crippen LogP) is 11.7. The summed E-state index contributed by atoms with van der Waals surface area (Å²) in [6, 6.07) is 39.1. The third-order valence-corrected chi connectivity index (χ3v) is 10.1. The van der Waals surface area contributed by atoms with Crippen LogP contribution in [0.5, 0.6) is 0 Å². The van der Waals surface area contributed by atoms with Crippen molar-refractivity contribution in [1.82, 2.24) is 0 Å². The Morgan fingerprint density at radius 3 is 1.84 bits per heavy atom. The second kappa shape index (κ2) is 9.15. The monoisotopic (exact) mass is 560 g/mol. The van der Waals surface area contributed by atoms with E-state index in [4.69, 9.17) is 0 Å². The summed E-state index contributed by atoms with van der Waals surface area (Å²) >= 11 is 0. The van der Waals surface area contributed by atoms with Gasteiger partial charge in [-0.25, -0.2) is 0 Å². The molecule has 0 heteroatoms. The van der Waals surface area contributed by atoms with Crippen molar-refractivity contribution in [3.8, 4) is 11.1 Å². The van der Waals surface area contributed by atoms with Gasteiger partial charge in [0, 0.05) is 0 Å². The van der Waals surface area contributed by atoms with Gasteiger partial charge in [0.2, 0.25) is 0 Å². The second-order valence-electron chi connectivity index (χ2n) is 12.5. The van der Waals surface area contributed by atoms with Crippen molar-refractivity contribution >= 4 is 81.5 Å². The summed E-state index contributed by atoms with van der Waals surface area (Å²) in [6.45, 7) is 10.8. The largest absolute Gasteiger partial charge is 0.0990 e. The van der Waals surface area contributed by atoms with E-state index in [1.165, 1.54) is 108 Å². The van der Waals surface area contributed by atoms with Crippen molar-refractivity contribution in [3.05, 3.63) is 138 Å². The molecule has 0 aliphatic heterocycles. The quantitative estimate of drug-likeness (QED) is 0.202. The highest BCUT2D eigenvalue weighted by Crippen LogP contribution is 2.45. The minimum Gasteiger partial charge on any atom is -0.0990 e. The minimum absolute atomic E-state index is 0.991. The van der Waals surface area contributed by atoms with Gasteiger partial charge in [0.25, 0.3) is 0 Å². The summed E-state index contributed by atoms with van der Waals surface area (Å²) in [7, 11) is 0. The average molecular weight is 561 g/mol. The molecule has 9 rings (SSSR count). The molecule has 0 atom stereocenters. The molecular formula is C44H32. The standard InChI is InChI=1S/C44H32/c1-5-11-32-37-21-28-23-39-36-19-18-35(42-25(3)12-9-13-26(42)4)33-16-10-17-34(44(33)36)38(39)22-29(28)24-40(37)41-20-27-14-7-8-15-31(27)30(6-2)43(32)41/h5,7-24H,1,6H2,2-4H3/b32-11-. The van der Waals surface area contributed by atoms with Gasteiger partial charge in [-0.15, -0.1) is 0 Å². The van der Waals surface area contributed by atoms with E-state index in [0.29, 0.717) is 0 Å². The van der Waals surface area contributed by atoms with E-state index in [-0.39, 0.29) is 0 Å². The highest BCUT2D eigenvalue weighted by Gasteiger charge is 2.19. The van der Waals surface area contributed by atoms with Crippen LogP contribution in [-0.4, -0.2) is 0 Å². The molecule has 0 amide bonds. The highest BCUT2D eigenvalue weighted by atomic mass is 14.2. The van der Waals surface area contributed by atoms with E-state index >= 15 is 0 Å². The third kappa shape index (κ3) is 3.29. The van der Waals surface area contributed by atoms with Crippen LogP contribution in [0.25, 0.3) is 92.6 Å². The fourth-order valence-electron chi connectivity index (χ4n) is 8.29. The van der Waals surface area contributed by atoms with E-state index in [1.807, 2.05) is 6.08 Å². The maximum Gasteiger partial charge on any atom is -0.00201 e. The van der Waals surface area contributed by atoms with Crippen LogP contribution >= 0.6 is 0 Å². The molecule has 0 saturated carbocycles. The maximum absolute atomic E-state index is 4.11. The Labute approximate surface area is 256 Å². The zero-order chi connectivity index (χ0) is 29.7. The molecular weight excluding hydrogens is 528 g/mol. The highest BCUT2D eigenvalue weighted by molar-refractivity contribution is 6.34. The lowest BCUT2D eigenvalue weighted by Crippen LogP contribution is -2.00. The van der Waals surface area contributed by atoms with Gasteiger partial charge in [0.1, 0.15) is 0 Å². The maximum atomic E-state index is 4.11. The first-order chi connectivity index (χ1) is 21.6. The molecule has 0 unspecified atom stereocenters. The summed E-state index contributed by atoms with van der Waals surface area (Å²) in [5.74, 6) is 0. The molecule has 0 saturated heterocycles. The van der Waals surface area contributed by atoms with Gasteiger partial charge >= 0.3 is 0 Å². The number of allylic oxidation sites excluding steroid dienone is 1. The van der Waals surface area contributed by atoms with Gasteiger partial charge in [-0.3, -0.25) is 0 Å². The van der Waals surface area contributed by atoms with E-state index < -0.39 is 0 Å². The molecule has 0 spiro atoms. The first-order valence-electron chi connectivity index (χ1n) is 15.7. The van der Waals surface area contributed by atoms with E-state index in [1.54, 1.807) is 0 Å². The molecule has 44 heavy (non-hydrogen) atoms. The molecule has 208 valence electrons. The molecule has 0 aliphatic carbocycles. The van der Waals surface area contributed by atoms with E-state index in [0.717, 1.165) is 6.42 Å². The second-order valence-corrected chi connectivity index (χ2v) is 12.5. The number of rotatable bonds is 3. The van der Waals surface area contributed by atoms with Crippen molar-refractivity contribution in [1.29, 1.82) is 0 Å². The summed E-state index contributed by atoms with van der Waals surface area (Å²) in [5.41, 5.74) is 6.75. The smallest absolute Gasteiger partial charge is 0.00201 e. The fraction of sp³-hybridized carbons (Fsp3) is 0.0909. The van der Waals surface area contributed by atoms with Crippen LogP contribution < -0.4 is 5.22 Å². The first-order valence-corrected chi connectivity index (χ1v) is 15.7. The molecule has 0 heterocycles. The number of hydrogen-bond donors (Lipinski definition) is 0. The van der Waals surface area contributed by atoms with Gasteiger partial charge in [-0.05, 0) is 159 Å². The molecule has 9 aromatic rings. The lowest BCUT2D eigenvalue weighted by Gasteiger charge is -2.13. The van der Waals surface area contributed by atoms with Crippen LogP contribution in [0.15, 0.2) is 116 Å². The Kier molecular flexibility index (Phi) is 5.26. The van der Waals surface area contributed by atoms with Gasteiger partial charge in [-0.1, -0.05) is 98.5 Å². The van der Waals surface area contributed by atoms with Crippen LogP contribution in [0.3, 0.4) is 0 Å². The minimum atomic E-state index is 0.991. The van der Waals surface area contributed by atoms with Crippen molar-refractivity contribution < 1.29 is 0 Å². The molecule has 0 nitrogen and oxygen atoms in total. The molecule has 0 aromatic heterocycles. The lowest BCUT2D eigenvalue weighted by molar-refractivity contribution is 1.18. The average Bonchev–Trinajstić information content (AvgIpc) is 3.51. The van der Waals surface area contributed by atoms with Crippen LogP contribution in [0.1, 0.15) is 23.6 Å². The number of hydrogen-bond acceptors (Lipinski definition) is 0. The summed E-state index contributed by atoms with van der Waals surface area (Å²) in [5, 5.41) is 19.9. The van der Waals surface area contributed by atoms with Crippen LogP contribution in [0.4, 0.5) is 0 Å². The van der Waals surface area contributed by atoms with Crippen LogP contribution in [0, 0.1) is 13.8 Å². The SMILES string of the molecule is C=C/C=c1/c2cc3cc4c(cc3cc2c2cc3ccccc3c(CC)c12)c1cccc2c(-c3c(C)cccc3C)ccc4c21. The summed E-state index contributed by atoms with van der Waals surface area (Å²) in [6.07, 6.45) is 5.15. The molecule has 0 radical (unpaired) electrons. The zero-order valence-corrected chi connectivity index (χ0v) is 25.4. The van der Waals surface area contributed by atoms with Crippen molar-refractivity contribution in [3.63, 3.8) is 0 Å². The Morgan fingerprint density at radius 2 is 1.11 bits per heavy atom. The topological polar surface area (TPSA) is 0 Å². The lowest BCUT2D eigenvalue weighted by atomic mass is 9.91. The molecule has 0 fully saturated rings. The van der Waals surface area contributed by atoms with Crippen LogP contribution in [0.2, 0.25) is 0 Å². The Balaban J connectivity index is 1.41. The van der Waals surface area contributed by atoms with Crippen molar-refractivity contribution in [2.45, 2.75) is 27.2 Å². The summed E-state index contributed by atoms with van der Waals surface area (Å²) in [4.78, 5) is 0. The van der Waals surface area contributed by atoms with Gasteiger partial charge < -0.3 is 0 Å².